The number of nitrogens with zero attached hydrogens (tertiary/aromatic N) is 1. The van der Waals surface area contributed by atoms with Gasteiger partial charge in [-0.25, -0.2) is 13.2 Å². The third-order valence-electron chi connectivity index (χ3n) is 4.70. The third-order valence-corrected chi connectivity index (χ3v) is 7.43. The van der Waals surface area contributed by atoms with Crippen LogP contribution in [0.4, 0.5) is 17.1 Å². The maximum Gasteiger partial charge on any atom is 0.338 e. The number of sulfonamides is 1. The number of ether oxygens (including phenoxy) is 1. The molecule has 10 nitrogen and oxygen atoms in total. The molecule has 0 saturated heterocycles. The number of amides is 1. The highest BCUT2D eigenvalue weighted by Crippen LogP contribution is 2.31. The number of nitro groups is 1. The third kappa shape index (κ3) is 7.02. The second-order valence-corrected chi connectivity index (χ2v) is 10.6. The summed E-state index contributed by atoms with van der Waals surface area (Å²) in [6.45, 7) is 1.27. The molecule has 0 aliphatic rings. The molecular formula is C22H15Cl4N3O7S. The Morgan fingerprint density at radius 2 is 1.59 bits per heavy atom. The second kappa shape index (κ2) is 11.5. The molecule has 0 aliphatic carbocycles. The topological polar surface area (TPSA) is 145 Å². The molecule has 37 heavy (non-hydrogen) atoms. The van der Waals surface area contributed by atoms with Gasteiger partial charge >= 0.3 is 5.97 Å². The summed E-state index contributed by atoms with van der Waals surface area (Å²) >= 11 is 23.9. The number of halogens is 4. The van der Waals surface area contributed by atoms with Crippen molar-refractivity contribution in [3.63, 3.8) is 0 Å². The summed E-state index contributed by atoms with van der Waals surface area (Å²) in [5.74, 6) is -1.81. The van der Waals surface area contributed by atoms with Gasteiger partial charge in [-0.15, -0.1) is 0 Å². The van der Waals surface area contributed by atoms with Crippen molar-refractivity contribution in [2.24, 2.45) is 0 Å². The van der Waals surface area contributed by atoms with E-state index in [-0.39, 0.29) is 42.7 Å². The van der Waals surface area contributed by atoms with E-state index in [0.717, 1.165) is 18.2 Å². The summed E-state index contributed by atoms with van der Waals surface area (Å²) in [7, 11) is -4.31. The van der Waals surface area contributed by atoms with Crippen LogP contribution in [-0.2, 0) is 19.6 Å². The predicted molar refractivity (Wildman–Crippen MR) is 140 cm³/mol. The van der Waals surface area contributed by atoms with E-state index < -0.39 is 37.8 Å². The zero-order chi connectivity index (χ0) is 27.5. The lowest BCUT2D eigenvalue weighted by Gasteiger charge is -2.15. The predicted octanol–water partition coefficient (Wildman–Crippen LogP) is 6.19. The lowest BCUT2D eigenvalue weighted by molar-refractivity contribution is -0.384. The van der Waals surface area contributed by atoms with Crippen molar-refractivity contribution in [3.8, 4) is 0 Å². The van der Waals surface area contributed by atoms with Gasteiger partial charge in [0.15, 0.2) is 6.10 Å². The van der Waals surface area contributed by atoms with Crippen LogP contribution in [0.2, 0.25) is 20.1 Å². The molecule has 0 aromatic heterocycles. The van der Waals surface area contributed by atoms with E-state index in [9.17, 15) is 28.1 Å². The molecule has 0 radical (unpaired) electrons. The van der Waals surface area contributed by atoms with E-state index >= 15 is 0 Å². The first-order valence-electron chi connectivity index (χ1n) is 10.0. The van der Waals surface area contributed by atoms with Crippen LogP contribution in [0.1, 0.15) is 17.3 Å². The first-order chi connectivity index (χ1) is 17.3. The van der Waals surface area contributed by atoms with Crippen LogP contribution < -0.4 is 10.0 Å². The largest absolute Gasteiger partial charge is 0.449 e. The fourth-order valence-electron chi connectivity index (χ4n) is 2.85. The van der Waals surface area contributed by atoms with Gasteiger partial charge in [0.25, 0.3) is 21.6 Å². The maximum atomic E-state index is 12.9. The maximum absolute atomic E-state index is 12.9. The summed E-state index contributed by atoms with van der Waals surface area (Å²) in [4.78, 5) is 34.8. The number of nitrogens with one attached hydrogen (secondary N) is 2. The van der Waals surface area contributed by atoms with Gasteiger partial charge in [-0.3, -0.25) is 19.6 Å². The van der Waals surface area contributed by atoms with Crippen LogP contribution in [0.25, 0.3) is 0 Å². The normalized spacial score (nSPS) is 11.9. The highest BCUT2D eigenvalue weighted by Gasteiger charge is 2.25. The number of carbonyl (C=O) groups excluding carboxylic acids is 2. The fourth-order valence-corrected chi connectivity index (χ4v) is 5.06. The van der Waals surface area contributed by atoms with Gasteiger partial charge in [0.1, 0.15) is 4.90 Å². The van der Waals surface area contributed by atoms with Gasteiger partial charge in [-0.05, 0) is 49.4 Å². The minimum absolute atomic E-state index is 0.00610. The number of anilines is 2. The van der Waals surface area contributed by atoms with Gasteiger partial charge in [-0.1, -0.05) is 46.4 Å². The molecule has 1 atom stereocenters. The van der Waals surface area contributed by atoms with Crippen molar-refractivity contribution in [1.29, 1.82) is 0 Å². The van der Waals surface area contributed by atoms with Gasteiger partial charge in [0.05, 0.1) is 36.9 Å². The SMILES string of the molecule is C[C@H](OC(=O)c1ccc(Cl)c(S(=O)(=O)Nc2cc(Cl)ccc2Cl)c1)C(=O)Nc1ccc([N+](=O)[O-])cc1Cl. The molecule has 0 saturated carbocycles. The van der Waals surface area contributed by atoms with Crippen LogP contribution in [0.3, 0.4) is 0 Å². The van der Waals surface area contributed by atoms with E-state index in [1.54, 1.807) is 0 Å². The molecule has 15 heteroatoms. The van der Waals surface area contributed by atoms with Crippen molar-refractivity contribution in [2.75, 3.05) is 10.0 Å². The van der Waals surface area contributed by atoms with Gasteiger partial charge in [0, 0.05) is 17.2 Å². The minimum Gasteiger partial charge on any atom is -0.449 e. The average molecular weight is 607 g/mol. The molecule has 0 unspecified atom stereocenters. The number of benzene rings is 3. The molecule has 2 N–H and O–H groups in total. The Morgan fingerprint density at radius 3 is 2.24 bits per heavy atom. The van der Waals surface area contributed by atoms with Crippen LogP contribution in [0.5, 0.6) is 0 Å². The lowest BCUT2D eigenvalue weighted by atomic mass is 10.2. The second-order valence-electron chi connectivity index (χ2n) is 7.33. The zero-order valence-electron chi connectivity index (χ0n) is 18.5. The lowest BCUT2D eigenvalue weighted by Crippen LogP contribution is -2.30. The first kappa shape index (κ1) is 28.5. The Morgan fingerprint density at radius 1 is 0.919 bits per heavy atom. The summed E-state index contributed by atoms with van der Waals surface area (Å²) in [6, 6.07) is 10.9. The van der Waals surface area contributed by atoms with E-state index in [1.165, 1.54) is 43.3 Å². The van der Waals surface area contributed by atoms with Crippen molar-refractivity contribution < 1.29 is 27.7 Å². The highest BCUT2D eigenvalue weighted by atomic mass is 35.5. The zero-order valence-corrected chi connectivity index (χ0v) is 22.3. The number of non-ortho nitro benzene ring substituents is 1. The number of hydrogen-bond donors (Lipinski definition) is 2. The van der Waals surface area contributed by atoms with Gasteiger partial charge in [-0.2, -0.15) is 0 Å². The monoisotopic (exact) mass is 605 g/mol. The highest BCUT2D eigenvalue weighted by molar-refractivity contribution is 7.92. The Labute approximate surface area is 230 Å². The molecule has 1 amide bonds. The Bertz CT molecular complexity index is 1520. The Balaban J connectivity index is 1.76. The number of carbonyl (C=O) groups is 2. The van der Waals surface area contributed by atoms with Crippen LogP contribution >= 0.6 is 46.4 Å². The van der Waals surface area contributed by atoms with Gasteiger partial charge < -0.3 is 10.1 Å². The standard InChI is InChI=1S/C22H15Cl4N3O7S/c1-11(21(30)27-18-7-4-14(29(32)33)10-17(18)26)36-22(31)12-2-5-16(25)20(8-12)37(34,35)28-19-9-13(23)3-6-15(19)24/h2-11,28H,1H3,(H,27,30)/t11-/m0/s1. The molecule has 0 fully saturated rings. The molecule has 3 aromatic rings. The van der Waals surface area contributed by atoms with Crippen LogP contribution in [0.15, 0.2) is 59.5 Å². The Kier molecular flexibility index (Phi) is 8.88. The molecule has 3 rings (SSSR count). The molecular weight excluding hydrogens is 592 g/mol. The molecule has 0 bridgehead atoms. The van der Waals surface area contributed by atoms with E-state index in [2.05, 4.69) is 10.0 Å². The number of nitro benzene ring substituents is 1. The summed E-state index contributed by atoms with van der Waals surface area (Å²) in [5, 5.41) is 13.2. The molecule has 194 valence electrons. The van der Waals surface area contributed by atoms with Crippen LogP contribution in [-0.4, -0.2) is 31.3 Å². The molecule has 0 spiro atoms. The quantitative estimate of drug-likeness (QED) is 0.176. The summed E-state index contributed by atoms with van der Waals surface area (Å²) < 4.78 is 33.2. The minimum atomic E-state index is -4.31. The van der Waals surface area contributed by atoms with E-state index in [1.807, 2.05) is 0 Å². The first-order valence-corrected chi connectivity index (χ1v) is 13.0. The summed E-state index contributed by atoms with van der Waals surface area (Å²) in [5.41, 5.74) is -0.433. The van der Waals surface area contributed by atoms with Crippen molar-refractivity contribution >= 4 is 85.4 Å². The van der Waals surface area contributed by atoms with Crippen molar-refractivity contribution in [1.82, 2.24) is 0 Å². The molecule has 0 heterocycles. The average Bonchev–Trinajstić information content (AvgIpc) is 2.82. The number of rotatable bonds is 8. The smallest absolute Gasteiger partial charge is 0.338 e. The van der Waals surface area contributed by atoms with Crippen LogP contribution in [0, 0.1) is 10.1 Å². The number of hydrogen-bond acceptors (Lipinski definition) is 7. The van der Waals surface area contributed by atoms with E-state index in [4.69, 9.17) is 51.1 Å². The van der Waals surface area contributed by atoms with E-state index in [0.29, 0.717) is 0 Å². The van der Waals surface area contributed by atoms with Crippen molar-refractivity contribution in [2.45, 2.75) is 17.9 Å². The Hall–Kier alpha value is -3.09. The van der Waals surface area contributed by atoms with Crippen molar-refractivity contribution in [3.05, 3.63) is 90.4 Å². The molecule has 3 aromatic carbocycles. The van der Waals surface area contributed by atoms with Gasteiger partial charge in [0.2, 0.25) is 0 Å². The molecule has 0 aliphatic heterocycles. The fraction of sp³-hybridized carbons (Fsp3) is 0.0909. The number of esters is 1. The summed E-state index contributed by atoms with van der Waals surface area (Å²) in [6.07, 6.45) is -1.35.